The van der Waals surface area contributed by atoms with Crippen molar-refractivity contribution in [3.63, 3.8) is 0 Å². The van der Waals surface area contributed by atoms with Gasteiger partial charge in [0.1, 0.15) is 0 Å². The van der Waals surface area contributed by atoms with Crippen molar-refractivity contribution in [3.8, 4) is 0 Å². The average molecular weight is 213 g/mol. The number of hydrogen-bond donors (Lipinski definition) is 2. The van der Waals surface area contributed by atoms with Crippen LogP contribution in [0.4, 0.5) is 0 Å². The van der Waals surface area contributed by atoms with Crippen LogP contribution in [0.2, 0.25) is 0 Å². The Morgan fingerprint density at radius 3 is 2.73 bits per heavy atom. The van der Waals surface area contributed by atoms with E-state index in [1.165, 1.54) is 19.4 Å². The van der Waals surface area contributed by atoms with E-state index in [1.807, 2.05) is 0 Å². The van der Waals surface area contributed by atoms with Gasteiger partial charge in [-0.3, -0.25) is 0 Å². The van der Waals surface area contributed by atoms with Crippen molar-refractivity contribution in [2.24, 2.45) is 5.92 Å². The zero-order valence-electron chi connectivity index (χ0n) is 10.7. The summed E-state index contributed by atoms with van der Waals surface area (Å²) in [6.45, 7) is 8.07. The smallest absolute Gasteiger partial charge is 0.0232 e. The summed E-state index contributed by atoms with van der Waals surface area (Å²) in [6.07, 6.45) is 2.54. The zero-order valence-corrected chi connectivity index (χ0v) is 10.7. The Balaban J connectivity index is 2.35. The molecule has 1 saturated heterocycles. The maximum absolute atomic E-state index is 3.48. The molecule has 0 aromatic rings. The summed E-state index contributed by atoms with van der Waals surface area (Å²) >= 11 is 0. The van der Waals surface area contributed by atoms with Crippen LogP contribution in [0.25, 0.3) is 0 Å². The fourth-order valence-electron chi connectivity index (χ4n) is 2.36. The molecule has 1 heterocycles. The summed E-state index contributed by atoms with van der Waals surface area (Å²) in [6, 6.07) is 1.37. The minimum absolute atomic E-state index is 0.664. The molecule has 1 aliphatic heterocycles. The summed E-state index contributed by atoms with van der Waals surface area (Å²) in [4.78, 5) is 2.49. The van der Waals surface area contributed by atoms with E-state index in [1.54, 1.807) is 0 Å². The van der Waals surface area contributed by atoms with Crippen molar-refractivity contribution in [2.45, 2.75) is 38.8 Å². The molecule has 0 aromatic heterocycles. The fraction of sp³-hybridized carbons (Fsp3) is 1.00. The lowest BCUT2D eigenvalue weighted by Gasteiger charge is -2.35. The fourth-order valence-corrected chi connectivity index (χ4v) is 2.36. The topological polar surface area (TPSA) is 27.3 Å². The van der Waals surface area contributed by atoms with E-state index >= 15 is 0 Å². The lowest BCUT2D eigenvalue weighted by molar-refractivity contribution is 0.173. The predicted molar refractivity (Wildman–Crippen MR) is 66.2 cm³/mol. The van der Waals surface area contributed by atoms with Gasteiger partial charge in [-0.15, -0.1) is 0 Å². The van der Waals surface area contributed by atoms with Crippen LogP contribution in [0.5, 0.6) is 0 Å². The second kappa shape index (κ2) is 6.46. The Bertz CT molecular complexity index is 170. The van der Waals surface area contributed by atoms with Gasteiger partial charge in [0, 0.05) is 31.7 Å². The van der Waals surface area contributed by atoms with Crippen LogP contribution in [0.15, 0.2) is 0 Å². The number of nitrogens with one attached hydrogen (secondary N) is 2. The summed E-state index contributed by atoms with van der Waals surface area (Å²) in [7, 11) is 4.33. The lowest BCUT2D eigenvalue weighted by atomic mass is 9.96. The highest BCUT2D eigenvalue weighted by atomic mass is 15.2. The summed E-state index contributed by atoms with van der Waals surface area (Å²) in [5.74, 6) is 0.782. The molecule has 0 aliphatic carbocycles. The summed E-state index contributed by atoms with van der Waals surface area (Å²) in [5.41, 5.74) is 0. The number of hydrogen-bond acceptors (Lipinski definition) is 3. The van der Waals surface area contributed by atoms with Crippen LogP contribution in [0.3, 0.4) is 0 Å². The molecule has 3 nitrogen and oxygen atoms in total. The molecule has 90 valence electrons. The quantitative estimate of drug-likeness (QED) is 0.711. The highest BCUT2D eigenvalue weighted by Crippen LogP contribution is 2.13. The van der Waals surface area contributed by atoms with E-state index in [0.717, 1.165) is 19.0 Å². The van der Waals surface area contributed by atoms with E-state index in [0.29, 0.717) is 12.1 Å². The second-order valence-electron chi connectivity index (χ2n) is 5.19. The van der Waals surface area contributed by atoms with Gasteiger partial charge < -0.3 is 15.5 Å². The third-order valence-corrected chi connectivity index (χ3v) is 3.37. The normalized spacial score (nSPS) is 25.8. The van der Waals surface area contributed by atoms with Crippen molar-refractivity contribution in [3.05, 3.63) is 0 Å². The maximum Gasteiger partial charge on any atom is 0.0232 e. The van der Waals surface area contributed by atoms with Gasteiger partial charge in [-0.1, -0.05) is 13.8 Å². The molecule has 0 spiro atoms. The first kappa shape index (κ1) is 12.9. The van der Waals surface area contributed by atoms with E-state index in [2.05, 4.69) is 43.5 Å². The van der Waals surface area contributed by atoms with Gasteiger partial charge in [0.15, 0.2) is 0 Å². The largest absolute Gasteiger partial charge is 0.317 e. The molecule has 3 heteroatoms. The van der Waals surface area contributed by atoms with Crippen molar-refractivity contribution >= 4 is 0 Å². The van der Waals surface area contributed by atoms with Gasteiger partial charge in [0.25, 0.3) is 0 Å². The first-order valence-corrected chi connectivity index (χ1v) is 6.21. The van der Waals surface area contributed by atoms with E-state index < -0.39 is 0 Å². The van der Waals surface area contributed by atoms with Crippen LogP contribution in [0, 0.1) is 5.92 Å². The molecule has 1 fully saturated rings. The molecular formula is C12H27N3. The number of likely N-dealkylation sites (N-methyl/N-ethyl adjacent to an activating group) is 1. The second-order valence-corrected chi connectivity index (χ2v) is 5.19. The van der Waals surface area contributed by atoms with Crippen molar-refractivity contribution < 1.29 is 0 Å². The Kier molecular flexibility index (Phi) is 5.58. The molecule has 2 unspecified atom stereocenters. The molecule has 0 amide bonds. The monoisotopic (exact) mass is 213 g/mol. The van der Waals surface area contributed by atoms with Gasteiger partial charge in [-0.2, -0.15) is 0 Å². The lowest BCUT2D eigenvalue weighted by Crippen LogP contribution is -2.51. The van der Waals surface area contributed by atoms with E-state index in [-0.39, 0.29) is 0 Å². The molecular weight excluding hydrogens is 186 g/mol. The molecule has 15 heavy (non-hydrogen) atoms. The summed E-state index contributed by atoms with van der Waals surface area (Å²) < 4.78 is 0. The molecule has 1 aliphatic rings. The molecule has 2 N–H and O–H groups in total. The minimum atomic E-state index is 0.664. The molecule has 0 bridgehead atoms. The van der Waals surface area contributed by atoms with Crippen molar-refractivity contribution in [1.29, 1.82) is 0 Å². The molecule has 0 radical (unpaired) electrons. The Labute approximate surface area is 94.6 Å². The van der Waals surface area contributed by atoms with Crippen molar-refractivity contribution in [1.82, 2.24) is 15.5 Å². The van der Waals surface area contributed by atoms with E-state index in [9.17, 15) is 0 Å². The standard InChI is InChI=1S/C12H27N3/c1-10(2)7-11(13-3)8-12-9-14-5-6-15(12)4/h10-14H,5-9H2,1-4H3. The number of nitrogens with zero attached hydrogens (tertiary/aromatic N) is 1. The summed E-state index contributed by atoms with van der Waals surface area (Å²) in [5, 5.41) is 6.93. The third-order valence-electron chi connectivity index (χ3n) is 3.37. The molecule has 0 aromatic carbocycles. The van der Waals surface area contributed by atoms with Crippen LogP contribution >= 0.6 is 0 Å². The van der Waals surface area contributed by atoms with Gasteiger partial charge >= 0.3 is 0 Å². The maximum atomic E-state index is 3.48. The predicted octanol–water partition coefficient (Wildman–Crippen LogP) is 0.914. The highest BCUT2D eigenvalue weighted by molar-refractivity contribution is 4.82. The van der Waals surface area contributed by atoms with Gasteiger partial charge in [-0.05, 0) is 32.9 Å². The third kappa shape index (κ3) is 4.49. The van der Waals surface area contributed by atoms with Crippen LogP contribution < -0.4 is 10.6 Å². The van der Waals surface area contributed by atoms with E-state index in [4.69, 9.17) is 0 Å². The van der Waals surface area contributed by atoms with Crippen LogP contribution in [0.1, 0.15) is 26.7 Å². The highest BCUT2D eigenvalue weighted by Gasteiger charge is 2.22. The first-order chi connectivity index (χ1) is 7.13. The minimum Gasteiger partial charge on any atom is -0.317 e. The molecule has 1 rings (SSSR count). The molecule has 2 atom stereocenters. The average Bonchev–Trinajstić information content (AvgIpc) is 2.19. The van der Waals surface area contributed by atoms with Crippen molar-refractivity contribution in [2.75, 3.05) is 33.7 Å². The Morgan fingerprint density at radius 2 is 2.20 bits per heavy atom. The van der Waals surface area contributed by atoms with Crippen LogP contribution in [-0.2, 0) is 0 Å². The van der Waals surface area contributed by atoms with Crippen LogP contribution in [-0.4, -0.2) is 50.7 Å². The van der Waals surface area contributed by atoms with Gasteiger partial charge in [0.05, 0.1) is 0 Å². The molecule has 0 saturated carbocycles. The number of piperazine rings is 1. The Morgan fingerprint density at radius 1 is 1.47 bits per heavy atom. The van der Waals surface area contributed by atoms with Gasteiger partial charge in [0.2, 0.25) is 0 Å². The SMILES string of the molecule is CNC(CC(C)C)CC1CNCCN1C. The van der Waals surface area contributed by atoms with Gasteiger partial charge in [-0.25, -0.2) is 0 Å². The first-order valence-electron chi connectivity index (χ1n) is 6.21. The Hall–Kier alpha value is -0.120. The number of rotatable bonds is 5. The zero-order chi connectivity index (χ0) is 11.3.